The lowest BCUT2D eigenvalue weighted by Gasteiger charge is -2.63. The zero-order valence-corrected chi connectivity index (χ0v) is 21.6. The van der Waals surface area contributed by atoms with E-state index in [9.17, 15) is 19.8 Å². The Morgan fingerprint density at radius 2 is 1.94 bits per heavy atom. The van der Waals surface area contributed by atoms with Gasteiger partial charge in [-0.1, -0.05) is 32.4 Å². The predicted molar refractivity (Wildman–Crippen MR) is 130 cm³/mol. The second kappa shape index (κ2) is 8.18. The third kappa shape index (κ3) is 3.12. The van der Waals surface area contributed by atoms with Crippen LogP contribution >= 0.6 is 11.6 Å². The van der Waals surface area contributed by atoms with Crippen molar-refractivity contribution in [3.05, 3.63) is 23.3 Å². The molecule has 0 aromatic carbocycles. The van der Waals surface area contributed by atoms with Crippen LogP contribution in [0.4, 0.5) is 0 Å². The monoisotopic (exact) mass is 490 g/mol. The van der Waals surface area contributed by atoms with Crippen LogP contribution < -0.4 is 0 Å². The number of cyclic esters (lactones) is 1. The van der Waals surface area contributed by atoms with E-state index in [-0.39, 0.29) is 47.6 Å². The highest BCUT2D eigenvalue weighted by atomic mass is 35.5. The number of hydrogen-bond donors (Lipinski definition) is 2. The lowest BCUT2D eigenvalue weighted by Crippen LogP contribution is -2.67. The van der Waals surface area contributed by atoms with Gasteiger partial charge in [0.25, 0.3) is 0 Å². The van der Waals surface area contributed by atoms with Gasteiger partial charge in [-0.25, -0.2) is 4.79 Å². The quantitative estimate of drug-likeness (QED) is 0.446. The molecule has 5 nitrogen and oxygen atoms in total. The van der Waals surface area contributed by atoms with E-state index in [2.05, 4.69) is 13.8 Å². The van der Waals surface area contributed by atoms with Crippen LogP contribution in [0.2, 0.25) is 0 Å². The van der Waals surface area contributed by atoms with Crippen LogP contribution in [-0.4, -0.2) is 45.7 Å². The van der Waals surface area contributed by atoms with Gasteiger partial charge in [-0.2, -0.15) is 0 Å². The Labute approximate surface area is 208 Å². The van der Waals surface area contributed by atoms with Crippen molar-refractivity contribution in [2.45, 2.75) is 89.7 Å². The summed E-state index contributed by atoms with van der Waals surface area (Å²) in [6.45, 7) is 8.28. The molecule has 5 aliphatic rings. The summed E-state index contributed by atoms with van der Waals surface area (Å²) in [6, 6.07) is 0. The number of rotatable bonds is 3. The van der Waals surface area contributed by atoms with Crippen molar-refractivity contribution < 1.29 is 24.5 Å². The van der Waals surface area contributed by atoms with Crippen LogP contribution in [0.1, 0.15) is 72.6 Å². The fourth-order valence-corrected chi connectivity index (χ4v) is 9.60. The number of alkyl halides is 1. The van der Waals surface area contributed by atoms with Crippen LogP contribution in [-0.2, 0) is 14.3 Å². The molecule has 1 heterocycles. The third-order valence-corrected chi connectivity index (χ3v) is 12.0. The maximum Gasteiger partial charge on any atom is 0.336 e. The molecule has 3 fully saturated rings. The van der Waals surface area contributed by atoms with Crippen molar-refractivity contribution in [2.24, 2.45) is 40.4 Å². The first kappa shape index (κ1) is 24.5. The number of carbonyl (C=O) groups is 2. The van der Waals surface area contributed by atoms with E-state index in [1.54, 1.807) is 6.08 Å². The predicted octanol–water partition coefficient (Wildman–Crippen LogP) is 4.58. The van der Waals surface area contributed by atoms with Crippen LogP contribution in [0.25, 0.3) is 0 Å². The molecule has 0 spiro atoms. The largest absolute Gasteiger partial charge is 0.458 e. The summed E-state index contributed by atoms with van der Waals surface area (Å²) in [7, 11) is 0. The molecule has 4 aliphatic carbocycles. The highest BCUT2D eigenvalue weighted by Crippen LogP contribution is 2.69. The van der Waals surface area contributed by atoms with Gasteiger partial charge in [-0.3, -0.25) is 4.79 Å². The van der Waals surface area contributed by atoms with Gasteiger partial charge >= 0.3 is 5.97 Å². The Balaban J connectivity index is 1.42. The normalized spacial score (nSPS) is 49.3. The molecule has 5 rings (SSSR count). The summed E-state index contributed by atoms with van der Waals surface area (Å²) in [5.74, 6) is 1.20. The Kier molecular flexibility index (Phi) is 5.90. The third-order valence-electron chi connectivity index (χ3n) is 11.2. The van der Waals surface area contributed by atoms with E-state index < -0.39 is 16.4 Å². The van der Waals surface area contributed by atoms with Crippen LogP contribution in [0.3, 0.4) is 0 Å². The van der Waals surface area contributed by atoms with Gasteiger partial charge in [0.2, 0.25) is 0 Å². The van der Waals surface area contributed by atoms with E-state index in [0.29, 0.717) is 36.7 Å². The average molecular weight is 491 g/mol. The standard InChI is InChI=1S/C28H39ClO5/c1-15-12-22(34-25(33)18(15)14-30)16(2)19-7-8-20-17-13-24(32)28(29)10-5-6-23(31)27(28,4)21(17)9-11-26(19,20)3/h5-6,16-17,19-22,24,30,32H,7-14H2,1-4H3/t16?,17?,19-,20?,21?,22?,24-,26-,27+,28+/m1/s1. The van der Waals surface area contributed by atoms with Gasteiger partial charge in [0.15, 0.2) is 5.78 Å². The molecule has 188 valence electrons. The van der Waals surface area contributed by atoms with Crippen molar-refractivity contribution in [2.75, 3.05) is 6.61 Å². The zero-order valence-electron chi connectivity index (χ0n) is 20.9. The minimum Gasteiger partial charge on any atom is -0.458 e. The van der Waals surface area contributed by atoms with E-state index in [0.717, 1.165) is 31.3 Å². The number of ketones is 1. The summed E-state index contributed by atoms with van der Waals surface area (Å²) in [6.07, 6.45) is 8.66. The number of ether oxygens (including phenoxy) is 1. The molecule has 0 amide bonds. The first-order valence-corrected chi connectivity index (χ1v) is 13.4. The number of halogens is 1. The Hall–Kier alpha value is -1.17. The van der Waals surface area contributed by atoms with Gasteiger partial charge in [-0.15, -0.1) is 11.6 Å². The lowest BCUT2D eigenvalue weighted by molar-refractivity contribution is -0.162. The van der Waals surface area contributed by atoms with Crippen LogP contribution in [0, 0.1) is 40.4 Å². The van der Waals surface area contributed by atoms with Crippen molar-refractivity contribution in [1.29, 1.82) is 0 Å². The second-order valence-electron chi connectivity index (χ2n) is 12.3. The number of esters is 1. The molecule has 3 saturated carbocycles. The number of aliphatic hydroxyl groups is 2. The highest BCUT2D eigenvalue weighted by Gasteiger charge is 2.69. The number of allylic oxidation sites excluding steroid dienone is 2. The number of fused-ring (bicyclic) bond motifs is 5. The van der Waals surface area contributed by atoms with Crippen molar-refractivity contribution in [3.63, 3.8) is 0 Å². The summed E-state index contributed by atoms with van der Waals surface area (Å²) in [5, 5.41) is 20.8. The molecule has 1 aliphatic heterocycles. The molecule has 34 heavy (non-hydrogen) atoms. The summed E-state index contributed by atoms with van der Waals surface area (Å²) in [4.78, 5) is 24.8. The molecule has 0 aromatic rings. The molecule has 0 radical (unpaired) electrons. The Morgan fingerprint density at radius 3 is 2.62 bits per heavy atom. The minimum atomic E-state index is -0.913. The van der Waals surface area contributed by atoms with Gasteiger partial charge in [0, 0.05) is 6.42 Å². The SMILES string of the molecule is CC1=C(CO)C(=O)OC(C(C)[C@H]2CCC3C4C[C@@H](O)[C@@]5(Cl)CC=CC(=O)[C@]5(C)C4CC[C@@]32C)C1. The summed E-state index contributed by atoms with van der Waals surface area (Å²) >= 11 is 7.10. The van der Waals surface area contributed by atoms with Crippen molar-refractivity contribution >= 4 is 23.4 Å². The lowest BCUT2D eigenvalue weighted by atomic mass is 9.44. The number of aliphatic hydroxyl groups excluding tert-OH is 2. The molecule has 5 unspecified atom stereocenters. The maximum absolute atomic E-state index is 13.3. The molecular weight excluding hydrogens is 452 g/mol. The molecule has 0 saturated heterocycles. The Morgan fingerprint density at radius 1 is 1.21 bits per heavy atom. The van der Waals surface area contributed by atoms with E-state index in [4.69, 9.17) is 16.3 Å². The molecule has 0 aromatic heterocycles. The highest BCUT2D eigenvalue weighted by molar-refractivity contribution is 6.28. The summed E-state index contributed by atoms with van der Waals surface area (Å²) < 4.78 is 5.83. The van der Waals surface area contributed by atoms with E-state index in [1.807, 2.05) is 19.9 Å². The topological polar surface area (TPSA) is 83.8 Å². The van der Waals surface area contributed by atoms with E-state index >= 15 is 0 Å². The Bertz CT molecular complexity index is 956. The fraction of sp³-hybridized carbons (Fsp3) is 0.786. The van der Waals surface area contributed by atoms with Crippen LogP contribution in [0.15, 0.2) is 23.3 Å². The van der Waals surface area contributed by atoms with Gasteiger partial charge in [0.05, 0.1) is 28.6 Å². The van der Waals surface area contributed by atoms with Crippen LogP contribution in [0.5, 0.6) is 0 Å². The van der Waals surface area contributed by atoms with Gasteiger partial charge < -0.3 is 14.9 Å². The van der Waals surface area contributed by atoms with E-state index in [1.165, 1.54) is 0 Å². The maximum atomic E-state index is 13.3. The second-order valence-corrected chi connectivity index (χ2v) is 13.0. The first-order valence-electron chi connectivity index (χ1n) is 13.1. The van der Waals surface area contributed by atoms with Gasteiger partial charge in [-0.05, 0) is 86.5 Å². The minimum absolute atomic E-state index is 0.0742. The molecule has 10 atom stereocenters. The molecular formula is C28H39ClO5. The number of hydrogen-bond acceptors (Lipinski definition) is 5. The van der Waals surface area contributed by atoms with Crippen molar-refractivity contribution in [1.82, 2.24) is 0 Å². The molecule has 2 N–H and O–H groups in total. The van der Waals surface area contributed by atoms with Crippen molar-refractivity contribution in [3.8, 4) is 0 Å². The average Bonchev–Trinajstić information content (AvgIpc) is 3.13. The summed E-state index contributed by atoms with van der Waals surface area (Å²) in [5.41, 5.74) is 0.681. The first-order chi connectivity index (χ1) is 16.0. The van der Waals surface area contributed by atoms with Gasteiger partial charge in [0.1, 0.15) is 6.10 Å². The molecule has 0 bridgehead atoms. The fourth-order valence-electron chi connectivity index (χ4n) is 9.18. The smallest absolute Gasteiger partial charge is 0.336 e. The zero-order chi connectivity index (χ0) is 24.6. The molecule has 6 heteroatoms. The number of carbonyl (C=O) groups excluding carboxylic acids is 2.